The van der Waals surface area contributed by atoms with Crippen LogP contribution in [0.2, 0.25) is 0 Å². The van der Waals surface area contributed by atoms with Crippen molar-refractivity contribution in [1.29, 1.82) is 0 Å². The van der Waals surface area contributed by atoms with Crippen molar-refractivity contribution in [3.63, 3.8) is 0 Å². The summed E-state index contributed by atoms with van der Waals surface area (Å²) in [6.07, 6.45) is 2.71. The van der Waals surface area contributed by atoms with E-state index in [1.54, 1.807) is 0 Å². The van der Waals surface area contributed by atoms with Crippen LogP contribution in [0.5, 0.6) is 0 Å². The van der Waals surface area contributed by atoms with Crippen molar-refractivity contribution >= 4 is 11.8 Å². The SMILES string of the molecule is CNC(CN1C(=O)CCCC1=O)C1CCOC1. The third-order valence-corrected chi connectivity index (χ3v) is 3.67. The van der Waals surface area contributed by atoms with E-state index < -0.39 is 0 Å². The van der Waals surface area contributed by atoms with E-state index in [0.29, 0.717) is 31.7 Å². The van der Waals surface area contributed by atoms with Gasteiger partial charge in [-0.25, -0.2) is 0 Å². The van der Waals surface area contributed by atoms with E-state index >= 15 is 0 Å². The number of rotatable bonds is 4. The Balaban J connectivity index is 1.96. The van der Waals surface area contributed by atoms with Crippen LogP contribution < -0.4 is 5.32 Å². The molecule has 0 aromatic rings. The number of ether oxygens (including phenoxy) is 1. The molecule has 1 N–H and O–H groups in total. The van der Waals surface area contributed by atoms with Gasteiger partial charge in [0.2, 0.25) is 11.8 Å². The maximum absolute atomic E-state index is 11.7. The Morgan fingerprint density at radius 1 is 1.41 bits per heavy atom. The zero-order valence-electron chi connectivity index (χ0n) is 10.3. The van der Waals surface area contributed by atoms with Crippen LogP contribution in [0.3, 0.4) is 0 Å². The minimum Gasteiger partial charge on any atom is -0.381 e. The number of hydrogen-bond acceptors (Lipinski definition) is 4. The van der Waals surface area contributed by atoms with Gasteiger partial charge in [-0.05, 0) is 19.9 Å². The van der Waals surface area contributed by atoms with E-state index in [9.17, 15) is 9.59 Å². The van der Waals surface area contributed by atoms with Crippen molar-refractivity contribution in [3.05, 3.63) is 0 Å². The summed E-state index contributed by atoms with van der Waals surface area (Å²) in [5, 5.41) is 3.21. The molecule has 5 heteroatoms. The highest BCUT2D eigenvalue weighted by Crippen LogP contribution is 2.20. The van der Waals surface area contributed by atoms with Gasteiger partial charge in [0.1, 0.15) is 0 Å². The summed E-state index contributed by atoms with van der Waals surface area (Å²) in [7, 11) is 1.88. The number of amides is 2. The standard InChI is InChI=1S/C12H20N2O3/c1-13-10(9-5-6-17-8-9)7-14-11(15)3-2-4-12(14)16/h9-10,13H,2-8H2,1H3. The van der Waals surface area contributed by atoms with Gasteiger partial charge < -0.3 is 10.1 Å². The Morgan fingerprint density at radius 2 is 2.12 bits per heavy atom. The van der Waals surface area contributed by atoms with Crippen molar-refractivity contribution in [2.24, 2.45) is 5.92 Å². The predicted octanol–water partition coefficient (Wildman–Crippen LogP) is 0.150. The fourth-order valence-electron chi connectivity index (χ4n) is 2.55. The molecule has 5 nitrogen and oxygen atoms in total. The molecule has 0 saturated carbocycles. The van der Waals surface area contributed by atoms with Crippen LogP contribution >= 0.6 is 0 Å². The van der Waals surface area contributed by atoms with Gasteiger partial charge in [-0.15, -0.1) is 0 Å². The molecule has 2 saturated heterocycles. The molecule has 2 heterocycles. The molecule has 0 bridgehead atoms. The molecule has 0 aliphatic carbocycles. The van der Waals surface area contributed by atoms with Crippen LogP contribution in [0.1, 0.15) is 25.7 Å². The molecule has 0 spiro atoms. The molecule has 2 unspecified atom stereocenters. The number of carbonyl (C=O) groups is 2. The largest absolute Gasteiger partial charge is 0.381 e. The second-order valence-electron chi connectivity index (χ2n) is 4.77. The Kier molecular flexibility index (Phi) is 4.12. The third-order valence-electron chi connectivity index (χ3n) is 3.67. The maximum atomic E-state index is 11.7. The molecular formula is C12H20N2O3. The quantitative estimate of drug-likeness (QED) is 0.711. The van der Waals surface area contributed by atoms with Crippen molar-refractivity contribution in [3.8, 4) is 0 Å². The Labute approximate surface area is 101 Å². The van der Waals surface area contributed by atoms with Crippen LogP contribution in [-0.2, 0) is 14.3 Å². The van der Waals surface area contributed by atoms with Crippen LogP contribution in [0.4, 0.5) is 0 Å². The first kappa shape index (κ1) is 12.5. The number of likely N-dealkylation sites (tertiary alicyclic amines) is 1. The third kappa shape index (κ3) is 2.84. The minimum absolute atomic E-state index is 0.0274. The minimum atomic E-state index is -0.0274. The Hall–Kier alpha value is -0.940. The summed E-state index contributed by atoms with van der Waals surface area (Å²) in [5.74, 6) is 0.350. The van der Waals surface area contributed by atoms with Crippen LogP contribution in [0.25, 0.3) is 0 Å². The van der Waals surface area contributed by atoms with Crippen molar-refractivity contribution < 1.29 is 14.3 Å². The first-order valence-corrected chi connectivity index (χ1v) is 6.30. The van der Waals surface area contributed by atoms with Crippen molar-refractivity contribution in [1.82, 2.24) is 10.2 Å². The summed E-state index contributed by atoms with van der Waals surface area (Å²) in [6.45, 7) is 1.99. The topological polar surface area (TPSA) is 58.6 Å². The molecule has 2 fully saturated rings. The van der Waals surface area contributed by atoms with E-state index in [-0.39, 0.29) is 17.9 Å². The highest BCUT2D eigenvalue weighted by Gasteiger charge is 2.32. The van der Waals surface area contributed by atoms with Gasteiger partial charge in [0, 0.05) is 38.0 Å². The van der Waals surface area contributed by atoms with Gasteiger partial charge in [0.25, 0.3) is 0 Å². The van der Waals surface area contributed by atoms with Gasteiger partial charge >= 0.3 is 0 Å². The number of likely N-dealkylation sites (N-methyl/N-ethyl adjacent to an activating group) is 1. The summed E-state index contributed by atoms with van der Waals surface area (Å²) in [5.41, 5.74) is 0. The zero-order chi connectivity index (χ0) is 12.3. The summed E-state index contributed by atoms with van der Waals surface area (Å²) in [6, 6.07) is 0.156. The smallest absolute Gasteiger partial charge is 0.229 e. The molecule has 0 radical (unpaired) electrons. The normalized spacial score (nSPS) is 27.6. The van der Waals surface area contributed by atoms with Gasteiger partial charge in [0.05, 0.1) is 6.61 Å². The lowest BCUT2D eigenvalue weighted by atomic mass is 9.97. The molecule has 0 aromatic heterocycles. The van der Waals surface area contributed by atoms with Crippen LogP contribution in [-0.4, -0.2) is 49.6 Å². The van der Waals surface area contributed by atoms with Crippen LogP contribution in [0.15, 0.2) is 0 Å². The molecule has 2 rings (SSSR count). The zero-order valence-corrected chi connectivity index (χ0v) is 10.3. The number of piperidine rings is 1. The monoisotopic (exact) mass is 240 g/mol. The summed E-state index contributed by atoms with van der Waals surface area (Å²) < 4.78 is 5.35. The van der Waals surface area contributed by atoms with E-state index in [0.717, 1.165) is 19.6 Å². The number of imide groups is 1. The molecule has 2 amide bonds. The summed E-state index contributed by atoms with van der Waals surface area (Å²) in [4.78, 5) is 24.9. The first-order valence-electron chi connectivity index (χ1n) is 6.30. The second kappa shape index (κ2) is 5.60. The predicted molar refractivity (Wildman–Crippen MR) is 62.3 cm³/mol. The molecule has 2 aliphatic heterocycles. The molecular weight excluding hydrogens is 220 g/mol. The molecule has 0 aromatic carbocycles. The van der Waals surface area contributed by atoms with Crippen molar-refractivity contribution in [2.45, 2.75) is 31.7 Å². The molecule has 96 valence electrons. The average molecular weight is 240 g/mol. The van der Waals surface area contributed by atoms with Gasteiger partial charge in [0.15, 0.2) is 0 Å². The number of carbonyl (C=O) groups excluding carboxylic acids is 2. The molecule has 2 atom stereocenters. The molecule has 17 heavy (non-hydrogen) atoms. The lowest BCUT2D eigenvalue weighted by Crippen LogP contribution is -2.50. The number of hydrogen-bond donors (Lipinski definition) is 1. The second-order valence-corrected chi connectivity index (χ2v) is 4.77. The highest BCUT2D eigenvalue weighted by molar-refractivity contribution is 5.97. The van der Waals surface area contributed by atoms with Gasteiger partial charge in [-0.2, -0.15) is 0 Å². The molecule has 2 aliphatic rings. The van der Waals surface area contributed by atoms with Gasteiger partial charge in [-0.1, -0.05) is 0 Å². The van der Waals surface area contributed by atoms with Gasteiger partial charge in [-0.3, -0.25) is 14.5 Å². The first-order chi connectivity index (χ1) is 8.22. The Morgan fingerprint density at radius 3 is 2.65 bits per heavy atom. The van der Waals surface area contributed by atoms with Crippen LogP contribution in [0, 0.1) is 5.92 Å². The highest BCUT2D eigenvalue weighted by atomic mass is 16.5. The average Bonchev–Trinajstić information content (AvgIpc) is 2.82. The fraction of sp³-hybridized carbons (Fsp3) is 0.833. The number of nitrogens with one attached hydrogen (secondary N) is 1. The van der Waals surface area contributed by atoms with E-state index in [4.69, 9.17) is 4.74 Å². The van der Waals surface area contributed by atoms with Crippen molar-refractivity contribution in [2.75, 3.05) is 26.8 Å². The maximum Gasteiger partial charge on any atom is 0.229 e. The summed E-state index contributed by atoms with van der Waals surface area (Å²) >= 11 is 0. The lowest BCUT2D eigenvalue weighted by Gasteiger charge is -2.31. The van der Waals surface area contributed by atoms with E-state index in [1.807, 2.05) is 7.05 Å². The lowest BCUT2D eigenvalue weighted by molar-refractivity contribution is -0.148. The number of nitrogens with zero attached hydrogens (tertiary/aromatic N) is 1. The fourth-order valence-corrected chi connectivity index (χ4v) is 2.55. The van der Waals surface area contributed by atoms with E-state index in [2.05, 4.69) is 5.32 Å². The Bertz CT molecular complexity index is 284. The van der Waals surface area contributed by atoms with E-state index in [1.165, 1.54) is 4.90 Å².